The van der Waals surface area contributed by atoms with E-state index in [1.54, 1.807) is 0 Å². The van der Waals surface area contributed by atoms with E-state index in [2.05, 4.69) is 32.9 Å². The van der Waals surface area contributed by atoms with E-state index in [1.165, 1.54) is 16.7 Å². The molecular weight excluding hydrogens is 198 g/mol. The van der Waals surface area contributed by atoms with Gasteiger partial charge in [0.25, 0.3) is 0 Å². The molecule has 0 radical (unpaired) electrons. The Morgan fingerprint density at radius 1 is 1.25 bits per heavy atom. The predicted molar refractivity (Wildman–Crippen MR) is 67.6 cm³/mol. The molecule has 0 spiro atoms. The molecule has 16 heavy (non-hydrogen) atoms. The molecule has 1 rings (SSSR count). The molecule has 1 unspecified atom stereocenters. The monoisotopic (exact) mass is 219 g/mol. The molecule has 0 aromatic heterocycles. The van der Waals surface area contributed by atoms with Gasteiger partial charge in [0.2, 0.25) is 0 Å². The van der Waals surface area contributed by atoms with E-state index in [-0.39, 0.29) is 11.7 Å². The van der Waals surface area contributed by atoms with Crippen molar-refractivity contribution in [3.8, 4) is 0 Å². The lowest BCUT2D eigenvalue weighted by atomic mass is 9.92. The molecule has 0 aliphatic rings. The van der Waals surface area contributed by atoms with Crippen molar-refractivity contribution in [1.82, 2.24) is 0 Å². The van der Waals surface area contributed by atoms with Crippen molar-refractivity contribution in [3.63, 3.8) is 0 Å². The number of aryl methyl sites for hydroxylation is 3. The Balaban J connectivity index is 2.93. The van der Waals surface area contributed by atoms with Crippen LogP contribution in [0, 0.1) is 26.7 Å². The second-order valence-corrected chi connectivity index (χ2v) is 4.66. The normalized spacial score (nSPS) is 12.6. The topological polar surface area (TPSA) is 43.1 Å². The number of carbonyl (C=O) groups excluding carboxylic acids is 1. The molecule has 88 valence electrons. The summed E-state index contributed by atoms with van der Waals surface area (Å²) in [5.74, 6) is 0.192. The summed E-state index contributed by atoms with van der Waals surface area (Å²) in [5.41, 5.74) is 10.3. The number of Topliss-reactive ketones (excluding diaryl/α,β-unsaturated/α-hetero) is 1. The molecule has 1 aromatic rings. The Hall–Kier alpha value is -1.15. The van der Waals surface area contributed by atoms with Crippen LogP contribution < -0.4 is 5.73 Å². The molecule has 0 aliphatic carbocycles. The number of ketones is 1. The standard InChI is InChI=1S/C14H21NO/c1-9-5-10(2)13(11(3)6-9)7-14(16)12(4)8-15/h5-6,12H,7-8,15H2,1-4H3. The minimum atomic E-state index is -0.0416. The maximum atomic E-state index is 11.9. The van der Waals surface area contributed by atoms with E-state index in [9.17, 15) is 4.79 Å². The van der Waals surface area contributed by atoms with Gasteiger partial charge in [0.15, 0.2) is 0 Å². The molecule has 2 nitrogen and oxygen atoms in total. The summed E-state index contributed by atoms with van der Waals surface area (Å²) < 4.78 is 0. The minimum Gasteiger partial charge on any atom is -0.330 e. The average Bonchev–Trinajstić information content (AvgIpc) is 2.21. The lowest BCUT2D eigenvalue weighted by Gasteiger charge is -2.13. The van der Waals surface area contributed by atoms with Crippen LogP contribution in [-0.2, 0) is 11.2 Å². The summed E-state index contributed by atoms with van der Waals surface area (Å²) in [6.07, 6.45) is 0.510. The number of carbonyl (C=O) groups is 1. The maximum absolute atomic E-state index is 11.9. The molecule has 0 saturated heterocycles. The van der Waals surface area contributed by atoms with Crippen LogP contribution in [0.1, 0.15) is 29.2 Å². The lowest BCUT2D eigenvalue weighted by molar-refractivity contribution is -0.121. The summed E-state index contributed by atoms with van der Waals surface area (Å²) in [6.45, 7) is 8.53. The second kappa shape index (κ2) is 5.26. The molecule has 2 heteroatoms. The van der Waals surface area contributed by atoms with Gasteiger partial charge in [0.1, 0.15) is 5.78 Å². The van der Waals surface area contributed by atoms with Crippen molar-refractivity contribution >= 4 is 5.78 Å². The Bertz CT molecular complexity index is 373. The van der Waals surface area contributed by atoms with E-state index in [4.69, 9.17) is 5.73 Å². The highest BCUT2D eigenvalue weighted by Crippen LogP contribution is 2.18. The Kier molecular flexibility index (Phi) is 4.25. The largest absolute Gasteiger partial charge is 0.330 e. The van der Waals surface area contributed by atoms with Crippen molar-refractivity contribution in [3.05, 3.63) is 34.4 Å². The SMILES string of the molecule is Cc1cc(C)c(CC(=O)C(C)CN)c(C)c1. The summed E-state index contributed by atoms with van der Waals surface area (Å²) in [5, 5.41) is 0. The van der Waals surface area contributed by atoms with E-state index in [0.717, 1.165) is 5.56 Å². The minimum absolute atomic E-state index is 0.0416. The van der Waals surface area contributed by atoms with E-state index < -0.39 is 0 Å². The molecule has 0 fully saturated rings. The van der Waals surface area contributed by atoms with Crippen LogP contribution in [0.3, 0.4) is 0 Å². The zero-order valence-electron chi connectivity index (χ0n) is 10.6. The highest BCUT2D eigenvalue weighted by Gasteiger charge is 2.14. The van der Waals surface area contributed by atoms with Crippen molar-refractivity contribution in [2.75, 3.05) is 6.54 Å². The number of nitrogens with two attached hydrogens (primary N) is 1. The van der Waals surface area contributed by atoms with Gasteiger partial charge >= 0.3 is 0 Å². The highest BCUT2D eigenvalue weighted by molar-refractivity contribution is 5.83. The van der Waals surface area contributed by atoms with Crippen molar-refractivity contribution < 1.29 is 4.79 Å². The highest BCUT2D eigenvalue weighted by atomic mass is 16.1. The molecule has 0 heterocycles. The van der Waals surface area contributed by atoms with E-state index in [0.29, 0.717) is 13.0 Å². The van der Waals surface area contributed by atoms with Gasteiger partial charge in [-0.25, -0.2) is 0 Å². The van der Waals surface area contributed by atoms with Gasteiger partial charge in [0, 0.05) is 18.9 Å². The van der Waals surface area contributed by atoms with E-state index >= 15 is 0 Å². The van der Waals surface area contributed by atoms with Crippen LogP contribution in [-0.4, -0.2) is 12.3 Å². The van der Waals surface area contributed by atoms with Crippen LogP contribution >= 0.6 is 0 Å². The van der Waals surface area contributed by atoms with Gasteiger partial charge in [-0.2, -0.15) is 0 Å². The van der Waals surface area contributed by atoms with Crippen LogP contribution in [0.4, 0.5) is 0 Å². The average molecular weight is 219 g/mol. The number of benzene rings is 1. The summed E-state index contributed by atoms with van der Waals surface area (Å²) in [4.78, 5) is 11.9. The summed E-state index contributed by atoms with van der Waals surface area (Å²) in [7, 11) is 0. The van der Waals surface area contributed by atoms with Gasteiger partial charge in [-0.15, -0.1) is 0 Å². The Morgan fingerprint density at radius 3 is 2.19 bits per heavy atom. The zero-order chi connectivity index (χ0) is 12.3. The van der Waals surface area contributed by atoms with Crippen LogP contribution in [0.2, 0.25) is 0 Å². The third-order valence-electron chi connectivity index (χ3n) is 3.09. The third kappa shape index (κ3) is 2.92. The smallest absolute Gasteiger partial charge is 0.141 e. The van der Waals surface area contributed by atoms with Crippen molar-refractivity contribution in [2.45, 2.75) is 34.1 Å². The first-order chi connectivity index (χ1) is 7.45. The first kappa shape index (κ1) is 12.9. The molecule has 0 amide bonds. The predicted octanol–water partition coefficient (Wildman–Crippen LogP) is 2.32. The molecule has 0 bridgehead atoms. The van der Waals surface area contributed by atoms with Gasteiger partial charge in [-0.3, -0.25) is 4.79 Å². The zero-order valence-corrected chi connectivity index (χ0v) is 10.6. The van der Waals surface area contributed by atoms with Crippen LogP contribution in [0.25, 0.3) is 0 Å². The fourth-order valence-electron chi connectivity index (χ4n) is 1.97. The summed E-state index contributed by atoms with van der Waals surface area (Å²) in [6, 6.07) is 4.26. The number of hydrogen-bond donors (Lipinski definition) is 1. The molecule has 2 N–H and O–H groups in total. The molecule has 1 aromatic carbocycles. The lowest BCUT2D eigenvalue weighted by Crippen LogP contribution is -2.22. The molecule has 0 aliphatic heterocycles. The Labute approximate surface area is 97.9 Å². The van der Waals surface area contributed by atoms with Gasteiger partial charge in [0.05, 0.1) is 0 Å². The van der Waals surface area contributed by atoms with E-state index in [1.807, 2.05) is 6.92 Å². The molecule has 1 atom stereocenters. The molecular formula is C14H21NO. The first-order valence-electron chi connectivity index (χ1n) is 5.75. The Morgan fingerprint density at radius 2 is 1.75 bits per heavy atom. The fraction of sp³-hybridized carbons (Fsp3) is 0.500. The maximum Gasteiger partial charge on any atom is 0.141 e. The number of rotatable bonds is 4. The number of hydrogen-bond acceptors (Lipinski definition) is 2. The summed E-state index contributed by atoms with van der Waals surface area (Å²) >= 11 is 0. The van der Waals surface area contributed by atoms with Crippen molar-refractivity contribution in [2.24, 2.45) is 11.7 Å². The quantitative estimate of drug-likeness (QED) is 0.844. The van der Waals surface area contributed by atoms with Gasteiger partial charge in [-0.1, -0.05) is 24.6 Å². The van der Waals surface area contributed by atoms with Gasteiger partial charge < -0.3 is 5.73 Å². The third-order valence-corrected chi connectivity index (χ3v) is 3.09. The van der Waals surface area contributed by atoms with Gasteiger partial charge in [-0.05, 0) is 37.5 Å². The first-order valence-corrected chi connectivity index (χ1v) is 5.75. The van der Waals surface area contributed by atoms with Crippen LogP contribution in [0.5, 0.6) is 0 Å². The molecule has 0 saturated carbocycles. The second-order valence-electron chi connectivity index (χ2n) is 4.66. The van der Waals surface area contributed by atoms with Crippen molar-refractivity contribution in [1.29, 1.82) is 0 Å². The fourth-order valence-corrected chi connectivity index (χ4v) is 1.97. The van der Waals surface area contributed by atoms with Crippen LogP contribution in [0.15, 0.2) is 12.1 Å².